The van der Waals surface area contributed by atoms with Gasteiger partial charge >= 0.3 is 11.9 Å². The molecule has 52 heavy (non-hydrogen) atoms. The number of unbranched alkanes of at least 4 members (excludes halogenated alkanes) is 15. The van der Waals surface area contributed by atoms with E-state index in [1.807, 2.05) is 0 Å². The SMILES string of the molecule is CC/C=C\C/C=C\C/C=C\C/C=C\CCCOCC(COC(=O)CCCCCCCCC/C=C\C/C=C\CCCCC)OC(=O)CCCCCCC. The fourth-order valence-electron chi connectivity index (χ4n) is 5.54. The maximum atomic E-state index is 12.5. The number of rotatable bonds is 38. The third-order valence-electron chi connectivity index (χ3n) is 8.73. The van der Waals surface area contributed by atoms with Gasteiger partial charge in [-0.1, -0.05) is 164 Å². The maximum absolute atomic E-state index is 12.5. The minimum atomic E-state index is -0.564. The van der Waals surface area contributed by atoms with E-state index < -0.39 is 6.10 Å². The smallest absolute Gasteiger partial charge is 0.306 e. The summed E-state index contributed by atoms with van der Waals surface area (Å²) in [4.78, 5) is 25.0. The summed E-state index contributed by atoms with van der Waals surface area (Å²) in [6.45, 7) is 7.45. The van der Waals surface area contributed by atoms with E-state index in [0.717, 1.165) is 83.5 Å². The van der Waals surface area contributed by atoms with Crippen molar-refractivity contribution in [2.75, 3.05) is 19.8 Å². The van der Waals surface area contributed by atoms with Crippen LogP contribution in [0, 0.1) is 0 Å². The zero-order chi connectivity index (χ0) is 37.8. The molecular formula is C47H80O5. The Morgan fingerprint density at radius 1 is 0.442 bits per heavy atom. The van der Waals surface area contributed by atoms with Crippen LogP contribution in [0.15, 0.2) is 72.9 Å². The molecule has 0 aliphatic carbocycles. The average molecular weight is 725 g/mol. The molecule has 0 aromatic rings. The molecule has 5 heteroatoms. The molecule has 0 bridgehead atoms. The van der Waals surface area contributed by atoms with E-state index in [9.17, 15) is 9.59 Å². The van der Waals surface area contributed by atoms with E-state index in [2.05, 4.69) is 93.7 Å². The zero-order valence-corrected chi connectivity index (χ0v) is 34.1. The zero-order valence-electron chi connectivity index (χ0n) is 34.1. The molecule has 0 aliphatic heterocycles. The highest BCUT2D eigenvalue weighted by Gasteiger charge is 2.17. The lowest BCUT2D eigenvalue weighted by molar-refractivity contribution is -0.163. The molecule has 1 unspecified atom stereocenters. The Bertz CT molecular complexity index is 957. The van der Waals surface area contributed by atoms with Crippen molar-refractivity contribution >= 4 is 11.9 Å². The highest BCUT2D eigenvalue weighted by Crippen LogP contribution is 2.12. The van der Waals surface area contributed by atoms with E-state index in [0.29, 0.717) is 19.4 Å². The number of allylic oxidation sites excluding steroid dienone is 12. The second-order valence-electron chi connectivity index (χ2n) is 13.9. The highest BCUT2D eigenvalue weighted by molar-refractivity contribution is 5.70. The number of ether oxygens (including phenoxy) is 3. The fraction of sp³-hybridized carbons (Fsp3) is 0.702. The number of hydrogen-bond acceptors (Lipinski definition) is 5. The summed E-state index contributed by atoms with van der Waals surface area (Å²) < 4.78 is 17.1. The minimum Gasteiger partial charge on any atom is -0.462 e. The second-order valence-corrected chi connectivity index (χ2v) is 13.9. The lowest BCUT2D eigenvalue weighted by Gasteiger charge is -2.18. The number of hydrogen-bond donors (Lipinski definition) is 0. The first-order valence-electron chi connectivity index (χ1n) is 21.5. The summed E-state index contributed by atoms with van der Waals surface area (Å²) in [6.07, 6.45) is 53.6. The van der Waals surface area contributed by atoms with Crippen molar-refractivity contribution in [1.82, 2.24) is 0 Å². The number of esters is 2. The van der Waals surface area contributed by atoms with Gasteiger partial charge in [0.25, 0.3) is 0 Å². The Hall–Kier alpha value is -2.66. The predicted molar refractivity (Wildman–Crippen MR) is 224 cm³/mol. The number of carbonyl (C=O) groups excluding carboxylic acids is 2. The lowest BCUT2D eigenvalue weighted by atomic mass is 10.1. The van der Waals surface area contributed by atoms with Crippen molar-refractivity contribution in [3.8, 4) is 0 Å². The van der Waals surface area contributed by atoms with Gasteiger partial charge in [-0.25, -0.2) is 0 Å². The maximum Gasteiger partial charge on any atom is 0.306 e. The van der Waals surface area contributed by atoms with Gasteiger partial charge in [0.2, 0.25) is 0 Å². The summed E-state index contributed by atoms with van der Waals surface area (Å²) in [5, 5.41) is 0. The molecule has 0 fully saturated rings. The van der Waals surface area contributed by atoms with Crippen molar-refractivity contribution in [3.05, 3.63) is 72.9 Å². The first-order valence-corrected chi connectivity index (χ1v) is 21.5. The van der Waals surface area contributed by atoms with E-state index in [-0.39, 0.29) is 25.2 Å². The van der Waals surface area contributed by atoms with Crippen LogP contribution < -0.4 is 0 Å². The molecule has 0 spiro atoms. The molecule has 0 amide bonds. The third-order valence-corrected chi connectivity index (χ3v) is 8.73. The van der Waals surface area contributed by atoms with E-state index in [1.54, 1.807) is 0 Å². The first kappa shape index (κ1) is 49.3. The summed E-state index contributed by atoms with van der Waals surface area (Å²) in [6, 6.07) is 0. The van der Waals surface area contributed by atoms with Crippen molar-refractivity contribution < 1.29 is 23.8 Å². The molecule has 0 heterocycles. The van der Waals surface area contributed by atoms with E-state index >= 15 is 0 Å². The quantitative estimate of drug-likeness (QED) is 0.0360. The van der Waals surface area contributed by atoms with Gasteiger partial charge in [0.15, 0.2) is 6.10 Å². The van der Waals surface area contributed by atoms with Crippen LogP contribution in [0.2, 0.25) is 0 Å². The molecule has 0 aromatic carbocycles. The van der Waals surface area contributed by atoms with Gasteiger partial charge in [-0.15, -0.1) is 0 Å². The monoisotopic (exact) mass is 725 g/mol. The van der Waals surface area contributed by atoms with Crippen molar-refractivity contribution in [3.63, 3.8) is 0 Å². The van der Waals surface area contributed by atoms with E-state index in [4.69, 9.17) is 14.2 Å². The number of carbonyl (C=O) groups is 2. The van der Waals surface area contributed by atoms with Gasteiger partial charge < -0.3 is 14.2 Å². The Morgan fingerprint density at radius 2 is 0.865 bits per heavy atom. The molecule has 5 nitrogen and oxygen atoms in total. The molecule has 0 aliphatic rings. The Kier molecular flexibility index (Phi) is 40.6. The normalized spacial score (nSPS) is 12.9. The van der Waals surface area contributed by atoms with Crippen LogP contribution in [-0.2, 0) is 23.8 Å². The minimum absolute atomic E-state index is 0.0565. The lowest BCUT2D eigenvalue weighted by Crippen LogP contribution is -2.30. The molecule has 0 N–H and O–H groups in total. The van der Waals surface area contributed by atoms with Crippen LogP contribution in [0.1, 0.15) is 188 Å². The summed E-state index contributed by atoms with van der Waals surface area (Å²) in [5.74, 6) is -0.454. The van der Waals surface area contributed by atoms with Gasteiger partial charge in [0.1, 0.15) is 6.61 Å². The predicted octanol–water partition coefficient (Wildman–Crippen LogP) is 14.0. The van der Waals surface area contributed by atoms with Crippen LogP contribution in [-0.4, -0.2) is 37.9 Å². The molecule has 0 saturated heterocycles. The van der Waals surface area contributed by atoms with Crippen molar-refractivity contribution in [1.29, 1.82) is 0 Å². The van der Waals surface area contributed by atoms with Gasteiger partial charge in [0, 0.05) is 19.4 Å². The average Bonchev–Trinajstić information content (AvgIpc) is 3.14. The molecule has 0 saturated carbocycles. The molecule has 298 valence electrons. The van der Waals surface area contributed by atoms with Gasteiger partial charge in [-0.3, -0.25) is 9.59 Å². The molecular weight excluding hydrogens is 645 g/mol. The van der Waals surface area contributed by atoms with Crippen LogP contribution in [0.5, 0.6) is 0 Å². The molecule has 0 radical (unpaired) electrons. The van der Waals surface area contributed by atoms with Crippen molar-refractivity contribution in [2.45, 2.75) is 194 Å². The summed E-state index contributed by atoms with van der Waals surface area (Å²) >= 11 is 0. The van der Waals surface area contributed by atoms with Gasteiger partial charge in [-0.2, -0.15) is 0 Å². The van der Waals surface area contributed by atoms with Gasteiger partial charge in [-0.05, 0) is 83.5 Å². The second kappa shape index (κ2) is 42.8. The Labute approximate surface area is 321 Å². The third kappa shape index (κ3) is 40.1. The van der Waals surface area contributed by atoms with Crippen LogP contribution in [0.25, 0.3) is 0 Å². The Balaban J connectivity index is 4.17. The highest BCUT2D eigenvalue weighted by atomic mass is 16.6. The topological polar surface area (TPSA) is 61.8 Å². The molecule has 0 aromatic heterocycles. The first-order chi connectivity index (χ1) is 25.6. The molecule has 1 atom stereocenters. The van der Waals surface area contributed by atoms with Crippen molar-refractivity contribution in [2.24, 2.45) is 0 Å². The van der Waals surface area contributed by atoms with Crippen LogP contribution >= 0.6 is 0 Å². The summed E-state index contributed by atoms with van der Waals surface area (Å²) in [5.41, 5.74) is 0. The summed E-state index contributed by atoms with van der Waals surface area (Å²) in [7, 11) is 0. The molecule has 0 rings (SSSR count). The standard InChI is InChI=1S/C47H80O5/c1-4-7-10-13-15-17-19-21-23-24-25-26-28-30-32-35-37-40-46(48)51-44-45(52-47(49)41-38-34-12-9-6-3)43-50-42-39-36-33-31-29-27-22-20-18-16-14-11-8-5-2/h8,11,15-18,21-23,27,31,33,45H,4-7,9-10,12-14,19-20,24-26,28-30,32,34-44H2,1-3H3/b11-8-,17-15-,18-16-,23-21-,27-22-,33-31-. The van der Waals surface area contributed by atoms with E-state index in [1.165, 1.54) is 70.6 Å². The van der Waals surface area contributed by atoms with Crippen LogP contribution in [0.3, 0.4) is 0 Å². The fourth-order valence-corrected chi connectivity index (χ4v) is 5.54. The largest absolute Gasteiger partial charge is 0.462 e. The van der Waals surface area contributed by atoms with Crippen LogP contribution in [0.4, 0.5) is 0 Å². The van der Waals surface area contributed by atoms with Gasteiger partial charge in [0.05, 0.1) is 6.61 Å². The Morgan fingerprint density at radius 3 is 1.42 bits per heavy atom.